The number of hydrogen-bond donors (Lipinski definition) is 2. The van der Waals surface area contributed by atoms with Gasteiger partial charge in [-0.3, -0.25) is 9.20 Å². The number of carbonyl (C=O) groups excluding carboxylic acids is 1. The van der Waals surface area contributed by atoms with Crippen molar-refractivity contribution < 1.29 is 9.90 Å². The van der Waals surface area contributed by atoms with Gasteiger partial charge in [-0.1, -0.05) is 37.3 Å². The number of rotatable bonds is 5. The van der Waals surface area contributed by atoms with Crippen molar-refractivity contribution >= 4 is 11.6 Å². The largest absolute Gasteiger partial charge is 0.394 e. The third-order valence-corrected chi connectivity index (χ3v) is 3.93. The summed E-state index contributed by atoms with van der Waals surface area (Å²) in [6, 6.07) is 13.0. The van der Waals surface area contributed by atoms with E-state index in [1.807, 2.05) is 42.5 Å². The lowest BCUT2D eigenvalue weighted by Gasteiger charge is -2.17. The van der Waals surface area contributed by atoms with E-state index in [9.17, 15) is 9.90 Å². The average molecular weight is 309 g/mol. The minimum atomic E-state index is -0.442. The lowest BCUT2D eigenvalue weighted by molar-refractivity contribution is 0.0910. The van der Waals surface area contributed by atoms with Crippen molar-refractivity contribution in [1.29, 1.82) is 0 Å². The number of hydrogen-bond acceptors (Lipinski definition) is 3. The quantitative estimate of drug-likeness (QED) is 0.760. The second-order valence-corrected chi connectivity index (χ2v) is 5.38. The third kappa shape index (κ3) is 3.10. The van der Waals surface area contributed by atoms with Crippen LogP contribution in [-0.2, 0) is 6.42 Å². The van der Waals surface area contributed by atoms with Crippen molar-refractivity contribution in [3.63, 3.8) is 0 Å². The molecule has 5 nitrogen and oxygen atoms in total. The summed E-state index contributed by atoms with van der Waals surface area (Å²) >= 11 is 0. The van der Waals surface area contributed by atoms with Gasteiger partial charge in [0, 0.05) is 6.20 Å². The van der Waals surface area contributed by atoms with Gasteiger partial charge in [0.1, 0.15) is 11.3 Å². The first-order valence-electron chi connectivity index (χ1n) is 7.65. The molecule has 3 rings (SSSR count). The van der Waals surface area contributed by atoms with E-state index < -0.39 is 6.04 Å². The minimum Gasteiger partial charge on any atom is -0.394 e. The molecule has 0 aliphatic rings. The third-order valence-electron chi connectivity index (χ3n) is 3.93. The van der Waals surface area contributed by atoms with Crippen molar-refractivity contribution in [2.45, 2.75) is 19.4 Å². The Morgan fingerprint density at radius 1 is 1.26 bits per heavy atom. The van der Waals surface area contributed by atoms with Gasteiger partial charge in [0.2, 0.25) is 0 Å². The van der Waals surface area contributed by atoms with Crippen LogP contribution in [0.1, 0.15) is 34.6 Å². The molecule has 0 saturated heterocycles. The summed E-state index contributed by atoms with van der Waals surface area (Å²) in [7, 11) is 0. The molecule has 0 radical (unpaired) electrons. The van der Waals surface area contributed by atoms with Crippen molar-refractivity contribution in [3.8, 4) is 0 Å². The van der Waals surface area contributed by atoms with Crippen LogP contribution < -0.4 is 5.32 Å². The van der Waals surface area contributed by atoms with Gasteiger partial charge >= 0.3 is 0 Å². The maximum absolute atomic E-state index is 12.5. The molecule has 0 bridgehead atoms. The van der Waals surface area contributed by atoms with E-state index in [0.29, 0.717) is 11.3 Å². The number of aryl methyl sites for hydroxylation is 1. The second-order valence-electron chi connectivity index (χ2n) is 5.38. The van der Waals surface area contributed by atoms with Gasteiger partial charge in [0.25, 0.3) is 5.91 Å². The summed E-state index contributed by atoms with van der Waals surface area (Å²) in [4.78, 5) is 16.7. The van der Waals surface area contributed by atoms with Crippen molar-refractivity contribution in [2.75, 3.05) is 6.61 Å². The molecule has 0 aliphatic carbocycles. The highest BCUT2D eigenvalue weighted by molar-refractivity contribution is 5.93. The van der Waals surface area contributed by atoms with Crippen LogP contribution in [0.15, 0.2) is 54.9 Å². The highest BCUT2D eigenvalue weighted by Crippen LogP contribution is 2.15. The molecule has 1 unspecified atom stereocenters. The van der Waals surface area contributed by atoms with Gasteiger partial charge in [-0.15, -0.1) is 0 Å². The first-order chi connectivity index (χ1) is 11.2. The number of benzene rings is 1. The number of aromatic nitrogens is 2. The SMILES string of the molecule is CCc1ccc(C(CO)NC(=O)c2cnc3ccccn23)cc1. The molecule has 1 aromatic carbocycles. The van der Waals surface area contributed by atoms with Gasteiger partial charge in [-0.25, -0.2) is 4.98 Å². The normalized spacial score (nSPS) is 12.3. The first-order valence-corrected chi connectivity index (χ1v) is 7.65. The van der Waals surface area contributed by atoms with E-state index in [0.717, 1.165) is 12.0 Å². The van der Waals surface area contributed by atoms with E-state index in [1.54, 1.807) is 16.8 Å². The monoisotopic (exact) mass is 309 g/mol. The highest BCUT2D eigenvalue weighted by Gasteiger charge is 2.17. The molecule has 2 aromatic heterocycles. The number of aliphatic hydroxyl groups excluding tert-OH is 1. The molecule has 2 N–H and O–H groups in total. The second kappa shape index (κ2) is 6.62. The van der Waals surface area contributed by atoms with E-state index >= 15 is 0 Å². The summed E-state index contributed by atoms with van der Waals surface area (Å²) in [6.07, 6.45) is 4.29. The van der Waals surface area contributed by atoms with Crippen LogP contribution in [0.25, 0.3) is 5.65 Å². The number of amides is 1. The van der Waals surface area contributed by atoms with Crippen LogP contribution >= 0.6 is 0 Å². The summed E-state index contributed by atoms with van der Waals surface area (Å²) < 4.78 is 1.73. The Labute approximate surface area is 134 Å². The number of pyridine rings is 1. The van der Waals surface area contributed by atoms with Gasteiger partial charge in [-0.2, -0.15) is 0 Å². The maximum atomic E-state index is 12.5. The first kappa shape index (κ1) is 15.2. The van der Waals surface area contributed by atoms with Crippen LogP contribution in [0.4, 0.5) is 0 Å². The standard InChI is InChI=1S/C18H19N3O2/c1-2-13-6-8-14(9-7-13)15(12-22)20-18(23)16-11-19-17-5-3-4-10-21(16)17/h3-11,15,22H,2,12H2,1H3,(H,20,23). The Morgan fingerprint density at radius 3 is 2.74 bits per heavy atom. The number of carbonyl (C=O) groups is 1. The van der Waals surface area contributed by atoms with Crippen LogP contribution in [0.5, 0.6) is 0 Å². The molecule has 0 aliphatic heterocycles. The minimum absolute atomic E-state index is 0.159. The van der Waals surface area contributed by atoms with E-state index in [1.165, 1.54) is 5.56 Å². The van der Waals surface area contributed by atoms with Crippen LogP contribution in [-0.4, -0.2) is 27.0 Å². The zero-order valence-electron chi connectivity index (χ0n) is 12.9. The van der Waals surface area contributed by atoms with Crippen molar-refractivity contribution in [3.05, 3.63) is 71.7 Å². The molecule has 3 aromatic rings. The Kier molecular flexibility index (Phi) is 4.39. The van der Waals surface area contributed by atoms with Crippen LogP contribution in [0.3, 0.4) is 0 Å². The highest BCUT2D eigenvalue weighted by atomic mass is 16.3. The predicted octanol–water partition coefficient (Wildman–Crippen LogP) is 2.36. The van der Waals surface area contributed by atoms with Crippen molar-refractivity contribution in [1.82, 2.24) is 14.7 Å². The van der Waals surface area contributed by atoms with E-state index in [4.69, 9.17) is 0 Å². The number of aliphatic hydroxyl groups is 1. The molecule has 5 heteroatoms. The fourth-order valence-corrected chi connectivity index (χ4v) is 2.55. The van der Waals surface area contributed by atoms with Gasteiger partial charge in [-0.05, 0) is 29.7 Å². The van der Waals surface area contributed by atoms with Gasteiger partial charge < -0.3 is 10.4 Å². The molecule has 0 spiro atoms. The van der Waals surface area contributed by atoms with Crippen molar-refractivity contribution in [2.24, 2.45) is 0 Å². The zero-order valence-corrected chi connectivity index (χ0v) is 12.9. The smallest absolute Gasteiger partial charge is 0.270 e. The van der Waals surface area contributed by atoms with E-state index in [2.05, 4.69) is 17.2 Å². The Hall–Kier alpha value is -2.66. The number of nitrogens with zero attached hydrogens (tertiary/aromatic N) is 2. The molecule has 0 fully saturated rings. The molecular formula is C18H19N3O2. The molecule has 2 heterocycles. The zero-order chi connectivity index (χ0) is 16.2. The summed E-state index contributed by atoms with van der Waals surface area (Å²) in [5.41, 5.74) is 3.26. The predicted molar refractivity (Wildman–Crippen MR) is 88.3 cm³/mol. The fourth-order valence-electron chi connectivity index (χ4n) is 2.55. The molecule has 0 saturated carbocycles. The maximum Gasteiger partial charge on any atom is 0.270 e. The molecule has 1 atom stereocenters. The molecule has 23 heavy (non-hydrogen) atoms. The lowest BCUT2D eigenvalue weighted by Crippen LogP contribution is -2.31. The number of nitrogens with one attached hydrogen (secondary N) is 1. The summed E-state index contributed by atoms with van der Waals surface area (Å²) in [5.74, 6) is -0.262. The van der Waals surface area contributed by atoms with Gasteiger partial charge in [0.15, 0.2) is 0 Å². The van der Waals surface area contributed by atoms with Crippen LogP contribution in [0, 0.1) is 0 Å². The summed E-state index contributed by atoms with van der Waals surface area (Å²) in [5, 5.41) is 12.5. The number of imidazole rings is 1. The fraction of sp³-hybridized carbons (Fsp3) is 0.222. The topological polar surface area (TPSA) is 66.6 Å². The lowest BCUT2D eigenvalue weighted by atomic mass is 10.0. The number of fused-ring (bicyclic) bond motifs is 1. The Balaban J connectivity index is 1.81. The summed E-state index contributed by atoms with van der Waals surface area (Å²) in [6.45, 7) is 1.93. The molecule has 118 valence electrons. The molecular weight excluding hydrogens is 290 g/mol. The Bertz CT molecular complexity index is 809. The van der Waals surface area contributed by atoms with Gasteiger partial charge in [0.05, 0.1) is 18.8 Å². The molecule has 1 amide bonds. The van der Waals surface area contributed by atoms with Crippen LogP contribution in [0.2, 0.25) is 0 Å². The Morgan fingerprint density at radius 2 is 2.04 bits per heavy atom. The average Bonchev–Trinajstić information content (AvgIpc) is 3.04. The van der Waals surface area contributed by atoms with E-state index in [-0.39, 0.29) is 12.5 Å².